The summed E-state index contributed by atoms with van der Waals surface area (Å²) in [4.78, 5) is 15.3. The third-order valence-corrected chi connectivity index (χ3v) is 3.35. The number of rotatable bonds is 2. The lowest BCUT2D eigenvalue weighted by molar-refractivity contribution is 0.260. The summed E-state index contributed by atoms with van der Waals surface area (Å²) in [5, 5.41) is 2.50. The van der Waals surface area contributed by atoms with E-state index in [-0.39, 0.29) is 5.24 Å². The van der Waals surface area contributed by atoms with Crippen LogP contribution in [0.15, 0.2) is 12.3 Å². The van der Waals surface area contributed by atoms with Gasteiger partial charge in [0.25, 0.3) is 5.24 Å². The number of aryl methyl sites for hydroxylation is 1. The topological polar surface area (TPSA) is 42.0 Å². The van der Waals surface area contributed by atoms with E-state index in [1.54, 1.807) is 0 Å². The van der Waals surface area contributed by atoms with E-state index >= 15 is 0 Å². The number of carbonyl (C=O) groups is 1. The first-order valence-corrected chi connectivity index (χ1v) is 6.04. The van der Waals surface area contributed by atoms with Gasteiger partial charge in [-0.1, -0.05) is 12.6 Å². The molecule has 0 aromatic carbocycles. The fraction of sp³-hybridized carbons (Fsp3) is 0.500. The summed E-state index contributed by atoms with van der Waals surface area (Å²) < 4.78 is 0. The molecular formula is C12H16N2OS. The molecule has 1 aliphatic carbocycles. The lowest BCUT2D eigenvalue weighted by atomic mass is 9.84. The predicted octanol–water partition coefficient (Wildman–Crippen LogP) is 2.45. The minimum absolute atomic E-state index is 0.264. The van der Waals surface area contributed by atoms with Crippen LogP contribution in [-0.2, 0) is 6.42 Å². The van der Waals surface area contributed by atoms with Gasteiger partial charge in [-0.25, -0.2) is 0 Å². The van der Waals surface area contributed by atoms with Crippen molar-refractivity contribution in [3.63, 3.8) is 0 Å². The maximum atomic E-state index is 10.8. The van der Waals surface area contributed by atoms with Gasteiger partial charge in [0.05, 0.1) is 0 Å². The van der Waals surface area contributed by atoms with Gasteiger partial charge in [-0.2, -0.15) is 0 Å². The van der Waals surface area contributed by atoms with Crippen LogP contribution in [0.25, 0.3) is 0 Å². The Morgan fingerprint density at radius 1 is 1.69 bits per heavy atom. The fourth-order valence-electron chi connectivity index (χ4n) is 2.36. The van der Waals surface area contributed by atoms with E-state index in [9.17, 15) is 4.79 Å². The molecular weight excluding hydrogens is 220 g/mol. The Bertz CT molecular complexity index is 406. The molecule has 0 radical (unpaired) electrons. The second-order valence-corrected chi connectivity index (χ2v) is 4.67. The molecule has 1 aromatic heterocycles. The van der Waals surface area contributed by atoms with E-state index < -0.39 is 0 Å². The molecule has 2 rings (SSSR count). The molecule has 3 nitrogen and oxygen atoms in total. The van der Waals surface area contributed by atoms with Crippen LogP contribution in [0.3, 0.4) is 0 Å². The van der Waals surface area contributed by atoms with Crippen LogP contribution in [0.1, 0.15) is 35.6 Å². The van der Waals surface area contributed by atoms with Crippen LogP contribution in [0.2, 0.25) is 0 Å². The second kappa shape index (κ2) is 4.87. The third-order valence-electron chi connectivity index (χ3n) is 3.19. The lowest BCUT2D eigenvalue weighted by Crippen LogP contribution is -2.27. The first-order valence-electron chi connectivity index (χ1n) is 5.59. The summed E-state index contributed by atoms with van der Waals surface area (Å²) in [5.41, 5.74) is 3.84. The van der Waals surface area contributed by atoms with E-state index in [0.717, 1.165) is 18.5 Å². The third kappa shape index (κ3) is 2.38. The number of aromatic nitrogens is 1. The van der Waals surface area contributed by atoms with Crippen LogP contribution < -0.4 is 5.32 Å². The zero-order chi connectivity index (χ0) is 11.5. The Morgan fingerprint density at radius 2 is 2.50 bits per heavy atom. The molecule has 0 saturated heterocycles. The van der Waals surface area contributed by atoms with Crippen molar-refractivity contribution in [2.45, 2.75) is 32.1 Å². The number of fused-ring (bicyclic) bond motifs is 1. The first kappa shape index (κ1) is 11.5. The van der Waals surface area contributed by atoms with Crippen molar-refractivity contribution >= 4 is 17.9 Å². The number of carbonyl (C=O) groups excluding carboxylic acids is 1. The van der Waals surface area contributed by atoms with Crippen molar-refractivity contribution < 1.29 is 4.79 Å². The summed E-state index contributed by atoms with van der Waals surface area (Å²) >= 11 is 3.72. The highest BCUT2D eigenvalue weighted by molar-refractivity contribution is 7.96. The molecule has 1 aromatic rings. The highest BCUT2D eigenvalue weighted by Gasteiger charge is 2.22. The summed E-state index contributed by atoms with van der Waals surface area (Å²) in [6, 6.07) is 2.05. The Labute approximate surface area is 101 Å². The van der Waals surface area contributed by atoms with Crippen molar-refractivity contribution in [2.75, 3.05) is 6.54 Å². The van der Waals surface area contributed by atoms with Crippen molar-refractivity contribution in [1.82, 2.24) is 10.3 Å². The zero-order valence-electron chi connectivity index (χ0n) is 9.36. The molecule has 0 bridgehead atoms. The normalized spacial score (nSPS) is 19.0. The predicted molar refractivity (Wildman–Crippen MR) is 67.0 cm³/mol. The number of hydrogen-bond donors (Lipinski definition) is 2. The highest BCUT2D eigenvalue weighted by atomic mass is 32.1. The maximum absolute atomic E-state index is 10.8. The Balaban J connectivity index is 2.19. The number of amides is 1. The van der Waals surface area contributed by atoms with E-state index in [1.165, 1.54) is 17.5 Å². The highest BCUT2D eigenvalue weighted by Crippen LogP contribution is 2.31. The van der Waals surface area contributed by atoms with Crippen molar-refractivity contribution in [2.24, 2.45) is 0 Å². The molecule has 1 heterocycles. The molecule has 1 unspecified atom stereocenters. The molecule has 86 valence electrons. The summed E-state index contributed by atoms with van der Waals surface area (Å²) in [6.45, 7) is 2.77. The van der Waals surface area contributed by atoms with Crippen LogP contribution in [0.4, 0.5) is 4.79 Å². The minimum atomic E-state index is -0.264. The van der Waals surface area contributed by atoms with E-state index in [2.05, 4.69) is 35.9 Å². The Kier molecular flexibility index (Phi) is 3.49. The standard InChI is InChI=1S/C12H16N2OS/c1-8-5-6-13-11-9(7-14-12(15)16)3-2-4-10(8)11/h5-6,9H,2-4,7H2,1H3,(H2,14,15,16). The average molecular weight is 236 g/mol. The largest absolute Gasteiger partial charge is 0.347 e. The van der Waals surface area contributed by atoms with Gasteiger partial charge in [0.15, 0.2) is 0 Å². The smallest absolute Gasteiger partial charge is 0.275 e. The van der Waals surface area contributed by atoms with Gasteiger partial charge in [-0.05, 0) is 43.4 Å². The lowest BCUT2D eigenvalue weighted by Gasteiger charge is -2.25. The van der Waals surface area contributed by atoms with Crippen LogP contribution in [0, 0.1) is 6.92 Å². The van der Waals surface area contributed by atoms with Gasteiger partial charge < -0.3 is 5.32 Å². The SMILES string of the molecule is Cc1ccnc2c1CCCC2CNC(=O)S. The van der Waals surface area contributed by atoms with Gasteiger partial charge in [0, 0.05) is 24.4 Å². The monoisotopic (exact) mass is 236 g/mol. The molecule has 1 atom stereocenters. The van der Waals surface area contributed by atoms with Gasteiger partial charge in [0.1, 0.15) is 0 Å². The molecule has 0 fully saturated rings. The number of nitrogens with zero attached hydrogens (tertiary/aromatic N) is 1. The molecule has 0 saturated carbocycles. The summed E-state index contributed by atoms with van der Waals surface area (Å²) in [6.07, 6.45) is 5.24. The second-order valence-electron chi connectivity index (χ2n) is 4.27. The first-order chi connectivity index (χ1) is 7.68. The summed E-state index contributed by atoms with van der Waals surface area (Å²) in [5.74, 6) is 0.347. The van der Waals surface area contributed by atoms with Crippen molar-refractivity contribution in [3.05, 3.63) is 29.1 Å². The molecule has 4 heteroatoms. The van der Waals surface area contributed by atoms with Gasteiger partial charge in [0.2, 0.25) is 0 Å². The Hall–Kier alpha value is -1.03. The molecule has 0 spiro atoms. The number of pyridine rings is 1. The maximum Gasteiger partial charge on any atom is 0.275 e. The zero-order valence-corrected chi connectivity index (χ0v) is 10.3. The number of hydrogen-bond acceptors (Lipinski definition) is 2. The fourth-order valence-corrected chi connectivity index (χ4v) is 2.45. The van der Waals surface area contributed by atoms with Crippen LogP contribution >= 0.6 is 12.6 Å². The Morgan fingerprint density at radius 3 is 3.25 bits per heavy atom. The van der Waals surface area contributed by atoms with Crippen LogP contribution in [0.5, 0.6) is 0 Å². The van der Waals surface area contributed by atoms with Crippen molar-refractivity contribution in [1.29, 1.82) is 0 Å². The number of nitrogens with one attached hydrogen (secondary N) is 1. The molecule has 1 amide bonds. The molecule has 16 heavy (non-hydrogen) atoms. The summed E-state index contributed by atoms with van der Waals surface area (Å²) in [7, 11) is 0. The van der Waals surface area contributed by atoms with Crippen molar-refractivity contribution in [3.8, 4) is 0 Å². The minimum Gasteiger partial charge on any atom is -0.347 e. The van der Waals surface area contributed by atoms with Crippen LogP contribution in [-0.4, -0.2) is 16.8 Å². The van der Waals surface area contributed by atoms with E-state index in [1.807, 2.05) is 6.20 Å². The van der Waals surface area contributed by atoms with Gasteiger partial charge >= 0.3 is 0 Å². The average Bonchev–Trinajstić information content (AvgIpc) is 2.27. The van der Waals surface area contributed by atoms with E-state index in [0.29, 0.717) is 12.5 Å². The molecule has 1 N–H and O–H groups in total. The number of thiol groups is 1. The van der Waals surface area contributed by atoms with Gasteiger partial charge in [-0.3, -0.25) is 9.78 Å². The van der Waals surface area contributed by atoms with E-state index in [4.69, 9.17) is 0 Å². The quantitative estimate of drug-likeness (QED) is 0.774. The van der Waals surface area contributed by atoms with Gasteiger partial charge in [-0.15, -0.1) is 0 Å². The molecule has 1 aliphatic rings. The molecule has 0 aliphatic heterocycles.